The van der Waals surface area contributed by atoms with Crippen LogP contribution >= 0.6 is 50.7 Å². The third kappa shape index (κ3) is 3.41. The first-order valence-electron chi connectivity index (χ1n) is 5.78. The van der Waals surface area contributed by atoms with Crippen LogP contribution in [0.15, 0.2) is 40.9 Å². The molecule has 0 N–H and O–H groups in total. The first kappa shape index (κ1) is 16.3. The third-order valence-corrected chi connectivity index (χ3v) is 4.78. The molecule has 0 aliphatic rings. The van der Waals surface area contributed by atoms with Gasteiger partial charge < -0.3 is 0 Å². The fraction of sp³-hybridized carbons (Fsp3) is 0.0667. The second-order valence-electron chi connectivity index (χ2n) is 4.19. The SMILES string of the molecule is N#CC(C(=O)c1ccc(Br)c(Cl)c1)c1c(Cl)cccc1Cl. The highest BCUT2D eigenvalue weighted by atomic mass is 79.9. The first-order chi connectivity index (χ1) is 9.95. The van der Waals surface area contributed by atoms with Crippen LogP contribution in [0.5, 0.6) is 0 Å². The summed E-state index contributed by atoms with van der Waals surface area (Å²) in [7, 11) is 0. The zero-order chi connectivity index (χ0) is 15.6. The summed E-state index contributed by atoms with van der Waals surface area (Å²) in [5.41, 5.74) is 0.637. The number of hydrogen-bond acceptors (Lipinski definition) is 2. The van der Waals surface area contributed by atoms with Gasteiger partial charge in [0.15, 0.2) is 5.78 Å². The molecule has 21 heavy (non-hydrogen) atoms. The van der Waals surface area contributed by atoms with Crippen molar-refractivity contribution >= 4 is 56.5 Å². The molecular weight excluding hydrogens is 396 g/mol. The van der Waals surface area contributed by atoms with E-state index in [9.17, 15) is 10.1 Å². The molecule has 2 nitrogen and oxygen atoms in total. The summed E-state index contributed by atoms with van der Waals surface area (Å²) in [6, 6.07) is 11.5. The van der Waals surface area contributed by atoms with E-state index in [1.54, 1.807) is 30.3 Å². The van der Waals surface area contributed by atoms with E-state index in [1.165, 1.54) is 6.07 Å². The molecule has 0 aliphatic heterocycles. The van der Waals surface area contributed by atoms with Crippen molar-refractivity contribution in [2.24, 2.45) is 0 Å². The second-order valence-corrected chi connectivity index (χ2v) is 6.27. The van der Waals surface area contributed by atoms with E-state index in [0.717, 1.165) is 0 Å². The fourth-order valence-electron chi connectivity index (χ4n) is 1.86. The molecule has 2 aromatic rings. The van der Waals surface area contributed by atoms with Crippen molar-refractivity contribution in [3.8, 4) is 6.07 Å². The van der Waals surface area contributed by atoms with Crippen LogP contribution in [0.1, 0.15) is 21.8 Å². The largest absolute Gasteiger partial charge is 0.292 e. The zero-order valence-corrected chi connectivity index (χ0v) is 14.3. The molecule has 0 aromatic heterocycles. The summed E-state index contributed by atoms with van der Waals surface area (Å²) in [5.74, 6) is -1.48. The molecular formula is C15H7BrCl3NO. The van der Waals surface area contributed by atoms with Gasteiger partial charge in [0.2, 0.25) is 0 Å². The highest BCUT2D eigenvalue weighted by Gasteiger charge is 2.26. The average molecular weight is 403 g/mol. The summed E-state index contributed by atoms with van der Waals surface area (Å²) in [6.45, 7) is 0. The number of nitrogens with zero attached hydrogens (tertiary/aromatic N) is 1. The molecule has 2 aromatic carbocycles. The molecule has 0 bridgehead atoms. The number of benzene rings is 2. The summed E-state index contributed by atoms with van der Waals surface area (Å²) in [6.07, 6.45) is 0. The maximum absolute atomic E-state index is 12.5. The van der Waals surface area contributed by atoms with Crippen molar-refractivity contribution in [3.63, 3.8) is 0 Å². The van der Waals surface area contributed by atoms with Crippen LogP contribution in [0.3, 0.4) is 0 Å². The Labute approximate surface area is 145 Å². The molecule has 0 spiro atoms. The number of carbonyl (C=O) groups is 1. The predicted octanol–water partition coefficient (Wildman–Crippen LogP) is 5.90. The third-order valence-electron chi connectivity index (χ3n) is 2.88. The number of hydrogen-bond donors (Lipinski definition) is 0. The Morgan fingerprint density at radius 2 is 1.71 bits per heavy atom. The summed E-state index contributed by atoms with van der Waals surface area (Å²) in [5, 5.41) is 10.3. The molecule has 2 rings (SSSR count). The number of nitriles is 1. The van der Waals surface area contributed by atoms with Crippen molar-refractivity contribution in [1.29, 1.82) is 5.26 Å². The van der Waals surface area contributed by atoms with Crippen molar-refractivity contribution in [2.75, 3.05) is 0 Å². The summed E-state index contributed by atoms with van der Waals surface area (Å²) in [4.78, 5) is 12.5. The van der Waals surface area contributed by atoms with Gasteiger partial charge in [-0.05, 0) is 40.2 Å². The van der Waals surface area contributed by atoms with Crippen LogP contribution in [-0.2, 0) is 0 Å². The van der Waals surface area contributed by atoms with E-state index in [1.807, 2.05) is 6.07 Å². The number of halogens is 4. The molecule has 1 unspecified atom stereocenters. The van der Waals surface area contributed by atoms with Gasteiger partial charge in [-0.3, -0.25) is 4.79 Å². The van der Waals surface area contributed by atoms with Gasteiger partial charge in [0.1, 0.15) is 5.92 Å². The Morgan fingerprint density at radius 1 is 1.10 bits per heavy atom. The van der Waals surface area contributed by atoms with E-state index in [4.69, 9.17) is 34.8 Å². The number of Topliss-reactive ketones (excluding diaryl/α,β-unsaturated/α-hetero) is 1. The molecule has 1 atom stereocenters. The van der Waals surface area contributed by atoms with Gasteiger partial charge in [-0.15, -0.1) is 0 Å². The Kier molecular flexibility index (Phi) is 5.29. The molecule has 0 saturated heterocycles. The molecule has 106 valence electrons. The molecule has 0 fully saturated rings. The Balaban J connectivity index is 2.49. The van der Waals surface area contributed by atoms with Crippen LogP contribution in [0.4, 0.5) is 0 Å². The number of rotatable bonds is 3. The number of ketones is 1. The van der Waals surface area contributed by atoms with Crippen molar-refractivity contribution in [2.45, 2.75) is 5.92 Å². The lowest BCUT2D eigenvalue weighted by molar-refractivity contribution is 0.0979. The van der Waals surface area contributed by atoms with Gasteiger partial charge in [-0.25, -0.2) is 0 Å². The molecule has 0 aliphatic carbocycles. The van der Waals surface area contributed by atoms with Crippen LogP contribution < -0.4 is 0 Å². The molecule has 0 saturated carbocycles. The second kappa shape index (κ2) is 6.81. The Bertz CT molecular complexity index is 735. The van der Waals surface area contributed by atoms with Gasteiger partial charge in [-0.1, -0.05) is 46.9 Å². The van der Waals surface area contributed by atoms with E-state index in [0.29, 0.717) is 20.6 Å². The van der Waals surface area contributed by atoms with E-state index >= 15 is 0 Å². The van der Waals surface area contributed by atoms with Crippen molar-refractivity contribution in [1.82, 2.24) is 0 Å². The van der Waals surface area contributed by atoms with Crippen LogP contribution in [-0.4, -0.2) is 5.78 Å². The highest BCUT2D eigenvalue weighted by molar-refractivity contribution is 9.10. The summed E-state index contributed by atoms with van der Waals surface area (Å²) >= 11 is 21.4. The quantitative estimate of drug-likeness (QED) is 0.599. The van der Waals surface area contributed by atoms with Crippen LogP contribution in [0.25, 0.3) is 0 Å². The minimum absolute atomic E-state index is 0.283. The van der Waals surface area contributed by atoms with Gasteiger partial charge in [-0.2, -0.15) is 5.26 Å². The first-order valence-corrected chi connectivity index (χ1v) is 7.71. The van der Waals surface area contributed by atoms with Gasteiger partial charge in [0.05, 0.1) is 11.1 Å². The molecule has 0 heterocycles. The average Bonchev–Trinajstić information content (AvgIpc) is 2.45. The Morgan fingerprint density at radius 3 is 2.24 bits per heavy atom. The predicted molar refractivity (Wildman–Crippen MR) is 88.3 cm³/mol. The topological polar surface area (TPSA) is 40.9 Å². The lowest BCUT2D eigenvalue weighted by atomic mass is 9.92. The normalized spacial score (nSPS) is 11.8. The molecule has 6 heteroatoms. The highest BCUT2D eigenvalue weighted by Crippen LogP contribution is 2.34. The lowest BCUT2D eigenvalue weighted by Crippen LogP contribution is -2.12. The summed E-state index contributed by atoms with van der Waals surface area (Å²) < 4.78 is 0.671. The molecule has 0 amide bonds. The maximum Gasteiger partial charge on any atom is 0.184 e. The number of carbonyl (C=O) groups excluding carboxylic acids is 1. The Hall–Kier alpha value is -1.05. The fourth-order valence-corrected chi connectivity index (χ4v) is 2.90. The minimum Gasteiger partial charge on any atom is -0.292 e. The van der Waals surface area contributed by atoms with Gasteiger partial charge in [0.25, 0.3) is 0 Å². The van der Waals surface area contributed by atoms with Crippen molar-refractivity contribution < 1.29 is 4.79 Å². The van der Waals surface area contributed by atoms with Crippen LogP contribution in [0, 0.1) is 11.3 Å². The zero-order valence-electron chi connectivity index (χ0n) is 10.4. The van der Waals surface area contributed by atoms with Gasteiger partial charge in [0, 0.05) is 25.6 Å². The minimum atomic E-state index is -1.08. The van der Waals surface area contributed by atoms with Crippen LogP contribution in [0.2, 0.25) is 15.1 Å². The maximum atomic E-state index is 12.5. The molecule has 0 radical (unpaired) electrons. The van der Waals surface area contributed by atoms with E-state index in [2.05, 4.69) is 15.9 Å². The lowest BCUT2D eigenvalue weighted by Gasteiger charge is -2.12. The van der Waals surface area contributed by atoms with Crippen molar-refractivity contribution in [3.05, 3.63) is 67.1 Å². The smallest absolute Gasteiger partial charge is 0.184 e. The van der Waals surface area contributed by atoms with E-state index in [-0.39, 0.29) is 10.0 Å². The standard InChI is InChI=1S/C15H7BrCl3NO/c16-10-5-4-8(6-13(10)19)15(21)9(7-20)14-11(17)2-1-3-12(14)18/h1-6,9H. The van der Waals surface area contributed by atoms with Gasteiger partial charge >= 0.3 is 0 Å². The monoisotopic (exact) mass is 401 g/mol. The van der Waals surface area contributed by atoms with E-state index < -0.39 is 11.7 Å².